The lowest BCUT2D eigenvalue weighted by atomic mass is 9.82. The lowest BCUT2D eigenvalue weighted by Gasteiger charge is -2.25. The first-order chi connectivity index (χ1) is 15.0. The van der Waals surface area contributed by atoms with Crippen LogP contribution in [-0.2, 0) is 22.4 Å². The molecule has 0 radical (unpaired) electrons. The number of allylic oxidation sites excluding steroid dienone is 2. The predicted molar refractivity (Wildman–Crippen MR) is 119 cm³/mol. The van der Waals surface area contributed by atoms with Gasteiger partial charge in [0.2, 0.25) is 5.91 Å². The summed E-state index contributed by atoms with van der Waals surface area (Å²) in [5.41, 5.74) is 1.71. The number of hydrogen-bond acceptors (Lipinski definition) is 4. The number of nitrogens with one attached hydrogen (secondary N) is 2. The fraction of sp³-hybridized carbons (Fsp3) is 0.625. The number of hydrogen-bond donors (Lipinski definition) is 3. The highest BCUT2D eigenvalue weighted by Gasteiger charge is 2.51. The Hall–Kier alpha value is -2.15. The third-order valence-electron chi connectivity index (χ3n) is 7.62. The van der Waals surface area contributed by atoms with Crippen LogP contribution in [0.25, 0.3) is 0 Å². The van der Waals surface area contributed by atoms with E-state index in [1.807, 2.05) is 12.2 Å². The molecule has 0 spiro atoms. The van der Waals surface area contributed by atoms with Crippen LogP contribution in [0.5, 0.6) is 0 Å². The monoisotopic (exact) mass is 442 g/mol. The summed E-state index contributed by atoms with van der Waals surface area (Å²) in [6, 6.07) is 0.205. The highest BCUT2D eigenvalue weighted by atomic mass is 32.1. The van der Waals surface area contributed by atoms with Gasteiger partial charge in [-0.3, -0.25) is 14.4 Å². The molecule has 166 valence electrons. The fourth-order valence-electron chi connectivity index (χ4n) is 6.11. The van der Waals surface area contributed by atoms with Crippen molar-refractivity contribution in [3.8, 4) is 0 Å². The van der Waals surface area contributed by atoms with E-state index in [0.717, 1.165) is 63.4 Å². The molecule has 4 aliphatic carbocycles. The topological polar surface area (TPSA) is 95.5 Å². The van der Waals surface area contributed by atoms with Crippen LogP contribution in [0.15, 0.2) is 12.2 Å². The van der Waals surface area contributed by atoms with Crippen molar-refractivity contribution < 1.29 is 19.5 Å². The van der Waals surface area contributed by atoms with E-state index in [-0.39, 0.29) is 29.7 Å². The molecule has 2 bridgehead atoms. The summed E-state index contributed by atoms with van der Waals surface area (Å²) in [4.78, 5) is 39.6. The molecule has 2 amide bonds. The molecule has 2 saturated carbocycles. The van der Waals surface area contributed by atoms with Gasteiger partial charge in [0, 0.05) is 10.9 Å². The molecule has 0 aromatic carbocycles. The average molecular weight is 443 g/mol. The van der Waals surface area contributed by atoms with Crippen molar-refractivity contribution in [2.24, 2.45) is 23.7 Å². The summed E-state index contributed by atoms with van der Waals surface area (Å²) in [6.45, 7) is 0. The quantitative estimate of drug-likeness (QED) is 0.597. The highest BCUT2D eigenvalue weighted by molar-refractivity contribution is 7.17. The second kappa shape index (κ2) is 8.41. The zero-order valence-electron chi connectivity index (χ0n) is 17.7. The van der Waals surface area contributed by atoms with Gasteiger partial charge in [-0.1, -0.05) is 31.4 Å². The van der Waals surface area contributed by atoms with Crippen molar-refractivity contribution in [2.45, 2.75) is 70.3 Å². The van der Waals surface area contributed by atoms with Crippen molar-refractivity contribution in [3.63, 3.8) is 0 Å². The Kier molecular flexibility index (Phi) is 5.63. The van der Waals surface area contributed by atoms with E-state index in [4.69, 9.17) is 0 Å². The van der Waals surface area contributed by atoms with Crippen LogP contribution >= 0.6 is 11.3 Å². The smallest absolute Gasteiger partial charge is 0.307 e. The van der Waals surface area contributed by atoms with Gasteiger partial charge in [-0.2, -0.15) is 0 Å². The van der Waals surface area contributed by atoms with Gasteiger partial charge in [0.05, 0.1) is 17.4 Å². The minimum Gasteiger partial charge on any atom is -0.481 e. The van der Waals surface area contributed by atoms with Gasteiger partial charge in [-0.05, 0) is 62.3 Å². The summed E-state index contributed by atoms with van der Waals surface area (Å²) in [6.07, 6.45) is 14.2. The molecular formula is C24H30N2O4S. The maximum Gasteiger partial charge on any atom is 0.307 e. The molecule has 7 heteroatoms. The average Bonchev–Trinajstić information content (AvgIpc) is 3.46. The summed E-state index contributed by atoms with van der Waals surface area (Å²) in [7, 11) is 0. The Morgan fingerprint density at radius 3 is 2.39 bits per heavy atom. The number of carbonyl (C=O) groups excluding carboxylic acids is 2. The number of anilines is 1. The van der Waals surface area contributed by atoms with E-state index < -0.39 is 17.8 Å². The van der Waals surface area contributed by atoms with Crippen molar-refractivity contribution in [1.82, 2.24) is 5.32 Å². The SMILES string of the molecule is O=C(NC1CCCCC1)c1c(NC(=O)[C@@H]2[C@H](C(=O)O)[C@H]3C=C[C@H]2C3)sc2c1CCCC2. The van der Waals surface area contributed by atoms with Crippen LogP contribution in [0, 0.1) is 23.7 Å². The Bertz CT molecular complexity index is 930. The third-order valence-corrected chi connectivity index (χ3v) is 8.83. The molecule has 2 fully saturated rings. The largest absolute Gasteiger partial charge is 0.481 e. The number of carboxylic acid groups (broad SMARTS) is 1. The minimum absolute atomic E-state index is 0.0276. The van der Waals surface area contributed by atoms with Crippen molar-refractivity contribution in [3.05, 3.63) is 28.2 Å². The summed E-state index contributed by atoms with van der Waals surface area (Å²) < 4.78 is 0. The van der Waals surface area contributed by atoms with Crippen LogP contribution in [0.2, 0.25) is 0 Å². The summed E-state index contributed by atoms with van der Waals surface area (Å²) >= 11 is 1.51. The lowest BCUT2D eigenvalue weighted by molar-refractivity contribution is -0.146. The van der Waals surface area contributed by atoms with Gasteiger partial charge in [-0.25, -0.2) is 0 Å². The molecule has 6 nitrogen and oxygen atoms in total. The molecule has 0 aliphatic heterocycles. The number of rotatable bonds is 5. The number of amides is 2. The number of fused-ring (bicyclic) bond motifs is 3. The number of aliphatic carboxylic acids is 1. The van der Waals surface area contributed by atoms with Crippen LogP contribution in [0.3, 0.4) is 0 Å². The standard InChI is InChI=1S/C24H30N2O4S/c27-21(18-13-10-11-14(12-13)19(18)24(29)30)26-23-20(16-8-4-5-9-17(16)31-23)22(28)25-15-6-2-1-3-7-15/h10-11,13-15,18-19H,1-9,12H2,(H,25,28)(H,26,27)(H,29,30)/t13-,14-,18-,19+/m0/s1. The number of thiophene rings is 1. The van der Waals surface area contributed by atoms with Crippen LogP contribution in [0.4, 0.5) is 5.00 Å². The fourth-order valence-corrected chi connectivity index (χ4v) is 7.40. The molecule has 4 atom stereocenters. The van der Waals surface area contributed by atoms with E-state index in [9.17, 15) is 19.5 Å². The molecule has 1 aromatic rings. The first kappa shape index (κ1) is 20.7. The van der Waals surface area contributed by atoms with E-state index in [1.165, 1.54) is 22.6 Å². The first-order valence-electron chi connectivity index (χ1n) is 11.7. The first-order valence-corrected chi connectivity index (χ1v) is 12.5. The van der Waals surface area contributed by atoms with Crippen molar-refractivity contribution >= 4 is 34.1 Å². The van der Waals surface area contributed by atoms with Gasteiger partial charge in [-0.15, -0.1) is 11.3 Å². The molecule has 0 saturated heterocycles. The Balaban J connectivity index is 1.40. The zero-order valence-corrected chi connectivity index (χ0v) is 18.5. The Morgan fingerprint density at radius 2 is 1.65 bits per heavy atom. The van der Waals surface area contributed by atoms with E-state index in [0.29, 0.717) is 10.6 Å². The molecule has 31 heavy (non-hydrogen) atoms. The van der Waals surface area contributed by atoms with Crippen LogP contribution < -0.4 is 10.6 Å². The lowest BCUT2D eigenvalue weighted by Crippen LogP contribution is -2.38. The zero-order chi connectivity index (χ0) is 21.5. The van der Waals surface area contributed by atoms with E-state index in [1.54, 1.807) is 0 Å². The van der Waals surface area contributed by atoms with Crippen molar-refractivity contribution in [2.75, 3.05) is 5.32 Å². The second-order valence-electron chi connectivity index (χ2n) is 9.55. The minimum atomic E-state index is -0.905. The normalized spacial score (nSPS) is 29.5. The maximum absolute atomic E-state index is 13.3. The van der Waals surface area contributed by atoms with Gasteiger partial charge in [0.1, 0.15) is 5.00 Å². The Morgan fingerprint density at radius 1 is 0.935 bits per heavy atom. The van der Waals surface area contributed by atoms with E-state index >= 15 is 0 Å². The van der Waals surface area contributed by atoms with Gasteiger partial charge in [0.25, 0.3) is 5.91 Å². The summed E-state index contributed by atoms with van der Waals surface area (Å²) in [5, 5.41) is 16.6. The molecule has 4 aliphatic rings. The van der Waals surface area contributed by atoms with E-state index in [2.05, 4.69) is 10.6 Å². The Labute approximate surface area is 186 Å². The number of carboxylic acids is 1. The van der Waals surface area contributed by atoms with Gasteiger partial charge in [0.15, 0.2) is 0 Å². The number of carbonyl (C=O) groups is 3. The number of aryl methyl sites for hydroxylation is 1. The molecule has 0 unspecified atom stereocenters. The predicted octanol–water partition coefficient (Wildman–Crippen LogP) is 4.15. The third kappa shape index (κ3) is 3.81. The molecule has 1 aromatic heterocycles. The molecular weight excluding hydrogens is 412 g/mol. The van der Waals surface area contributed by atoms with Crippen LogP contribution in [-0.4, -0.2) is 28.9 Å². The molecule has 5 rings (SSSR count). The maximum atomic E-state index is 13.3. The van der Waals surface area contributed by atoms with Gasteiger partial charge >= 0.3 is 5.97 Å². The molecule has 3 N–H and O–H groups in total. The summed E-state index contributed by atoms with van der Waals surface area (Å²) in [5.74, 6) is -2.58. The molecule has 1 heterocycles. The van der Waals surface area contributed by atoms with Crippen LogP contribution in [0.1, 0.15) is 72.2 Å². The second-order valence-corrected chi connectivity index (χ2v) is 10.7. The van der Waals surface area contributed by atoms with Crippen molar-refractivity contribution in [1.29, 1.82) is 0 Å². The highest BCUT2D eigenvalue weighted by Crippen LogP contribution is 2.49. The van der Waals surface area contributed by atoms with Gasteiger partial charge < -0.3 is 15.7 Å².